The topological polar surface area (TPSA) is 58.6 Å². The van der Waals surface area contributed by atoms with Crippen LogP contribution in [0.5, 0.6) is 5.75 Å². The van der Waals surface area contributed by atoms with Gasteiger partial charge in [-0.2, -0.15) is 0 Å². The monoisotopic (exact) mass is 299 g/mol. The Morgan fingerprint density at radius 1 is 1.23 bits per heavy atom. The maximum atomic E-state index is 11.9. The molecule has 116 valence electrons. The lowest BCUT2D eigenvalue weighted by molar-refractivity contribution is -0.123. The summed E-state index contributed by atoms with van der Waals surface area (Å²) in [5, 5.41) is 12.8. The number of aryl methyl sites for hydroxylation is 1. The molecule has 0 aromatic heterocycles. The van der Waals surface area contributed by atoms with Gasteiger partial charge in [0.2, 0.25) is 5.91 Å². The zero-order valence-corrected chi connectivity index (χ0v) is 12.9. The second kappa shape index (κ2) is 7.61. The standard InChI is InChI=1S/C18H21NO3/c1-13-8-9-14(10-17(13)22-2)12-19-18(21)11-16(20)15-6-4-3-5-7-15/h3-10,16,20H,11-12H2,1-2H3,(H,19,21). The van der Waals surface area contributed by atoms with Crippen LogP contribution in [0.2, 0.25) is 0 Å². The van der Waals surface area contributed by atoms with Gasteiger partial charge in [0.05, 0.1) is 19.6 Å². The number of ether oxygens (including phenoxy) is 1. The molecule has 1 amide bonds. The molecule has 0 bridgehead atoms. The summed E-state index contributed by atoms with van der Waals surface area (Å²) in [7, 11) is 1.63. The van der Waals surface area contributed by atoms with Gasteiger partial charge in [0.1, 0.15) is 5.75 Å². The Labute approximate surface area is 130 Å². The third kappa shape index (κ3) is 4.33. The Morgan fingerprint density at radius 3 is 2.64 bits per heavy atom. The van der Waals surface area contributed by atoms with E-state index in [-0.39, 0.29) is 12.3 Å². The predicted octanol–water partition coefficient (Wildman–Crippen LogP) is 2.74. The van der Waals surface area contributed by atoms with Crippen molar-refractivity contribution < 1.29 is 14.6 Å². The molecule has 4 heteroatoms. The van der Waals surface area contributed by atoms with E-state index in [0.29, 0.717) is 6.54 Å². The fourth-order valence-electron chi connectivity index (χ4n) is 2.22. The fraction of sp³-hybridized carbons (Fsp3) is 0.278. The molecule has 0 aliphatic heterocycles. The van der Waals surface area contributed by atoms with Crippen molar-refractivity contribution in [1.29, 1.82) is 0 Å². The van der Waals surface area contributed by atoms with Crippen molar-refractivity contribution in [2.45, 2.75) is 26.0 Å². The minimum absolute atomic E-state index is 0.0486. The van der Waals surface area contributed by atoms with E-state index in [0.717, 1.165) is 22.4 Å². The summed E-state index contributed by atoms with van der Waals surface area (Å²) in [5.41, 5.74) is 2.76. The number of methoxy groups -OCH3 is 1. The Balaban J connectivity index is 1.88. The number of nitrogens with one attached hydrogen (secondary N) is 1. The van der Waals surface area contributed by atoms with E-state index in [2.05, 4.69) is 5.32 Å². The van der Waals surface area contributed by atoms with E-state index >= 15 is 0 Å². The molecule has 0 saturated carbocycles. The van der Waals surface area contributed by atoms with Crippen LogP contribution in [0.3, 0.4) is 0 Å². The van der Waals surface area contributed by atoms with Gasteiger partial charge in [-0.05, 0) is 29.7 Å². The number of amides is 1. The molecule has 0 fully saturated rings. The summed E-state index contributed by atoms with van der Waals surface area (Å²) in [4.78, 5) is 11.9. The van der Waals surface area contributed by atoms with Gasteiger partial charge >= 0.3 is 0 Å². The highest BCUT2D eigenvalue weighted by Crippen LogP contribution is 2.19. The fourth-order valence-corrected chi connectivity index (χ4v) is 2.22. The molecule has 0 radical (unpaired) electrons. The quantitative estimate of drug-likeness (QED) is 0.862. The highest BCUT2D eigenvalue weighted by molar-refractivity contribution is 5.76. The second-order valence-electron chi connectivity index (χ2n) is 5.21. The normalized spacial score (nSPS) is 11.8. The average Bonchev–Trinajstić information content (AvgIpc) is 2.55. The van der Waals surface area contributed by atoms with Gasteiger partial charge in [-0.3, -0.25) is 4.79 Å². The van der Waals surface area contributed by atoms with Crippen molar-refractivity contribution in [2.24, 2.45) is 0 Å². The van der Waals surface area contributed by atoms with Crippen LogP contribution in [-0.4, -0.2) is 18.1 Å². The summed E-state index contributed by atoms with van der Waals surface area (Å²) < 4.78 is 5.26. The Morgan fingerprint density at radius 2 is 1.95 bits per heavy atom. The van der Waals surface area contributed by atoms with Crippen LogP contribution in [0, 0.1) is 6.92 Å². The third-order valence-electron chi connectivity index (χ3n) is 3.53. The minimum Gasteiger partial charge on any atom is -0.496 e. The predicted molar refractivity (Wildman–Crippen MR) is 85.6 cm³/mol. The lowest BCUT2D eigenvalue weighted by Gasteiger charge is -2.12. The highest BCUT2D eigenvalue weighted by atomic mass is 16.5. The van der Waals surface area contributed by atoms with Crippen molar-refractivity contribution >= 4 is 5.91 Å². The summed E-state index contributed by atoms with van der Waals surface area (Å²) in [6, 6.07) is 15.0. The first-order valence-corrected chi connectivity index (χ1v) is 7.23. The van der Waals surface area contributed by atoms with Gasteiger partial charge in [-0.25, -0.2) is 0 Å². The first-order chi connectivity index (χ1) is 10.6. The Kier molecular flexibility index (Phi) is 5.55. The van der Waals surface area contributed by atoms with Crippen molar-refractivity contribution in [3.63, 3.8) is 0 Å². The molecular formula is C18H21NO3. The van der Waals surface area contributed by atoms with Crippen molar-refractivity contribution in [3.05, 3.63) is 65.2 Å². The number of hydrogen-bond donors (Lipinski definition) is 2. The first-order valence-electron chi connectivity index (χ1n) is 7.23. The van der Waals surface area contributed by atoms with Crippen LogP contribution in [0.15, 0.2) is 48.5 Å². The number of aliphatic hydroxyl groups is 1. The lowest BCUT2D eigenvalue weighted by Crippen LogP contribution is -2.24. The molecule has 2 aromatic rings. The van der Waals surface area contributed by atoms with Crippen molar-refractivity contribution in [3.8, 4) is 5.75 Å². The van der Waals surface area contributed by atoms with Crippen LogP contribution < -0.4 is 10.1 Å². The Hall–Kier alpha value is -2.33. The molecule has 4 nitrogen and oxygen atoms in total. The molecule has 1 unspecified atom stereocenters. The van der Waals surface area contributed by atoms with Gasteiger partial charge in [0.15, 0.2) is 0 Å². The van der Waals surface area contributed by atoms with Crippen LogP contribution in [0.25, 0.3) is 0 Å². The van der Waals surface area contributed by atoms with Gasteiger partial charge in [0, 0.05) is 6.54 Å². The van der Waals surface area contributed by atoms with E-state index in [1.165, 1.54) is 0 Å². The summed E-state index contributed by atoms with van der Waals surface area (Å²) in [5.74, 6) is 0.618. The number of rotatable bonds is 6. The van der Waals surface area contributed by atoms with E-state index in [1.807, 2.05) is 55.5 Å². The van der Waals surface area contributed by atoms with Crippen LogP contribution >= 0.6 is 0 Å². The zero-order chi connectivity index (χ0) is 15.9. The molecule has 2 rings (SSSR count). The molecule has 0 heterocycles. The summed E-state index contributed by atoms with van der Waals surface area (Å²) in [6.45, 7) is 2.38. The highest BCUT2D eigenvalue weighted by Gasteiger charge is 2.12. The smallest absolute Gasteiger partial charge is 0.223 e. The number of benzene rings is 2. The van der Waals surface area contributed by atoms with Gasteiger partial charge in [0.25, 0.3) is 0 Å². The van der Waals surface area contributed by atoms with E-state index < -0.39 is 6.10 Å². The van der Waals surface area contributed by atoms with Crippen LogP contribution in [0.4, 0.5) is 0 Å². The largest absolute Gasteiger partial charge is 0.496 e. The van der Waals surface area contributed by atoms with E-state index in [4.69, 9.17) is 4.74 Å². The molecule has 0 spiro atoms. The average molecular weight is 299 g/mol. The zero-order valence-electron chi connectivity index (χ0n) is 12.9. The summed E-state index contributed by atoms with van der Waals surface area (Å²) in [6.07, 6.45) is -0.735. The van der Waals surface area contributed by atoms with Crippen molar-refractivity contribution in [2.75, 3.05) is 7.11 Å². The molecule has 2 N–H and O–H groups in total. The summed E-state index contributed by atoms with van der Waals surface area (Å²) >= 11 is 0. The number of hydrogen-bond acceptors (Lipinski definition) is 3. The number of carbonyl (C=O) groups is 1. The third-order valence-corrected chi connectivity index (χ3v) is 3.53. The Bertz CT molecular complexity index is 625. The molecule has 0 aliphatic rings. The molecular weight excluding hydrogens is 278 g/mol. The second-order valence-corrected chi connectivity index (χ2v) is 5.21. The van der Waals surface area contributed by atoms with Gasteiger partial charge in [-0.15, -0.1) is 0 Å². The molecule has 1 atom stereocenters. The van der Waals surface area contributed by atoms with Crippen LogP contribution in [-0.2, 0) is 11.3 Å². The molecule has 0 saturated heterocycles. The molecule has 0 aliphatic carbocycles. The maximum absolute atomic E-state index is 11.9. The molecule has 2 aromatic carbocycles. The van der Waals surface area contributed by atoms with Crippen LogP contribution in [0.1, 0.15) is 29.2 Å². The lowest BCUT2D eigenvalue weighted by atomic mass is 10.1. The SMILES string of the molecule is COc1cc(CNC(=O)CC(O)c2ccccc2)ccc1C. The number of aliphatic hydroxyl groups excluding tert-OH is 1. The minimum atomic E-state index is -0.784. The van der Waals surface area contributed by atoms with Gasteiger partial charge < -0.3 is 15.2 Å². The number of carbonyl (C=O) groups excluding carboxylic acids is 1. The van der Waals surface area contributed by atoms with E-state index in [1.54, 1.807) is 7.11 Å². The molecule has 22 heavy (non-hydrogen) atoms. The van der Waals surface area contributed by atoms with Crippen molar-refractivity contribution in [1.82, 2.24) is 5.32 Å². The maximum Gasteiger partial charge on any atom is 0.223 e. The van der Waals surface area contributed by atoms with E-state index in [9.17, 15) is 9.90 Å². The van der Waals surface area contributed by atoms with Gasteiger partial charge in [-0.1, -0.05) is 42.5 Å². The first kappa shape index (κ1) is 16.0.